The number of aliphatic hydroxyl groups excluding tert-OH is 1. The van der Waals surface area contributed by atoms with Gasteiger partial charge in [0.25, 0.3) is 0 Å². The summed E-state index contributed by atoms with van der Waals surface area (Å²) in [5, 5.41) is 18.5. The summed E-state index contributed by atoms with van der Waals surface area (Å²) in [6.07, 6.45) is 1.40. The van der Waals surface area contributed by atoms with E-state index < -0.39 is 0 Å². The van der Waals surface area contributed by atoms with E-state index >= 15 is 0 Å². The molecule has 1 N–H and O–H groups in total. The minimum absolute atomic E-state index is 0.196. The molecule has 1 saturated heterocycles. The van der Waals surface area contributed by atoms with Crippen LogP contribution in [0.15, 0.2) is 46.9 Å². The number of likely N-dealkylation sites (tertiary alicyclic amines) is 1. The van der Waals surface area contributed by atoms with Crippen LogP contribution in [0.3, 0.4) is 0 Å². The molecule has 5 heteroatoms. The highest BCUT2D eigenvalue weighted by molar-refractivity contribution is 5.80. The van der Waals surface area contributed by atoms with Crippen LogP contribution in [0.5, 0.6) is 0 Å². The fourth-order valence-corrected chi connectivity index (χ4v) is 3.27. The lowest BCUT2D eigenvalue weighted by Gasteiger charge is -2.12. The molecule has 126 valence electrons. The van der Waals surface area contributed by atoms with Crippen LogP contribution in [0, 0.1) is 11.3 Å². The van der Waals surface area contributed by atoms with Crippen LogP contribution in [0.1, 0.15) is 17.9 Å². The van der Waals surface area contributed by atoms with Gasteiger partial charge in [-0.05, 0) is 41.8 Å². The second kappa shape index (κ2) is 6.67. The quantitative estimate of drug-likeness (QED) is 0.794. The first-order valence-corrected chi connectivity index (χ1v) is 8.52. The Balaban J connectivity index is 1.51. The van der Waals surface area contributed by atoms with Gasteiger partial charge in [0, 0.05) is 26.1 Å². The number of aromatic nitrogens is 1. The van der Waals surface area contributed by atoms with Crippen molar-refractivity contribution in [3.05, 3.63) is 53.9 Å². The Kier molecular flexibility index (Phi) is 4.22. The number of β-amino-alcohol motifs (C(OH)–C–C–N with tert-alkyl or cyclic N) is 1. The second-order valence-electron chi connectivity index (χ2n) is 6.47. The normalized spacial score (nSPS) is 17.8. The molecule has 1 aliphatic rings. The predicted octanol–water partition coefficient (Wildman–Crippen LogP) is 2.98. The predicted molar refractivity (Wildman–Crippen MR) is 94.9 cm³/mol. The van der Waals surface area contributed by atoms with Gasteiger partial charge in [-0.1, -0.05) is 18.2 Å². The third kappa shape index (κ3) is 3.41. The Labute approximate surface area is 146 Å². The molecular formula is C20H19N3O2. The highest BCUT2D eigenvalue weighted by Gasteiger charge is 2.20. The van der Waals surface area contributed by atoms with Crippen molar-refractivity contribution in [1.82, 2.24) is 9.88 Å². The van der Waals surface area contributed by atoms with Gasteiger partial charge in [0.05, 0.1) is 17.7 Å². The summed E-state index contributed by atoms with van der Waals surface area (Å²) in [5.74, 6) is 0.730. The average Bonchev–Trinajstić information content (AvgIpc) is 3.24. The van der Waals surface area contributed by atoms with Gasteiger partial charge in [-0.3, -0.25) is 0 Å². The molecule has 3 aromatic rings. The lowest BCUT2D eigenvalue weighted by molar-refractivity contribution is 0.176. The number of benzene rings is 2. The minimum Gasteiger partial charge on any atom is -0.441 e. The molecule has 25 heavy (non-hydrogen) atoms. The number of nitrogens with zero attached hydrogens (tertiary/aromatic N) is 3. The van der Waals surface area contributed by atoms with E-state index in [1.165, 1.54) is 0 Å². The molecule has 0 unspecified atom stereocenters. The van der Waals surface area contributed by atoms with Gasteiger partial charge < -0.3 is 14.4 Å². The molecule has 1 aliphatic heterocycles. The lowest BCUT2D eigenvalue weighted by Crippen LogP contribution is -2.24. The molecule has 2 heterocycles. The maximum Gasteiger partial charge on any atom is 0.196 e. The van der Waals surface area contributed by atoms with Crippen LogP contribution in [0.4, 0.5) is 0 Å². The number of aliphatic hydroxyl groups is 1. The molecule has 5 nitrogen and oxygen atoms in total. The number of hydrogen-bond acceptors (Lipinski definition) is 5. The Hall–Kier alpha value is -2.68. The summed E-state index contributed by atoms with van der Waals surface area (Å²) >= 11 is 0. The first-order chi connectivity index (χ1) is 12.2. The van der Waals surface area contributed by atoms with Crippen molar-refractivity contribution in [3.8, 4) is 17.2 Å². The van der Waals surface area contributed by atoms with Gasteiger partial charge in [0.15, 0.2) is 11.5 Å². The van der Waals surface area contributed by atoms with E-state index in [9.17, 15) is 5.11 Å². The van der Waals surface area contributed by atoms with Crippen LogP contribution in [-0.4, -0.2) is 40.7 Å². The summed E-state index contributed by atoms with van der Waals surface area (Å²) in [5.41, 5.74) is 4.39. The van der Waals surface area contributed by atoms with Crippen LogP contribution in [-0.2, 0) is 6.42 Å². The van der Waals surface area contributed by atoms with Gasteiger partial charge in [-0.2, -0.15) is 5.26 Å². The molecule has 1 aromatic heterocycles. The van der Waals surface area contributed by atoms with Crippen LogP contribution >= 0.6 is 0 Å². The zero-order chi connectivity index (χ0) is 17.2. The van der Waals surface area contributed by atoms with E-state index in [1.807, 2.05) is 42.5 Å². The summed E-state index contributed by atoms with van der Waals surface area (Å²) in [7, 11) is 0. The number of nitriles is 1. The van der Waals surface area contributed by atoms with Crippen molar-refractivity contribution in [2.75, 3.05) is 19.6 Å². The molecule has 0 bridgehead atoms. The summed E-state index contributed by atoms with van der Waals surface area (Å²) in [4.78, 5) is 6.84. The van der Waals surface area contributed by atoms with Crippen molar-refractivity contribution in [2.24, 2.45) is 0 Å². The Morgan fingerprint density at radius 1 is 1.20 bits per heavy atom. The highest BCUT2D eigenvalue weighted by Crippen LogP contribution is 2.25. The zero-order valence-corrected chi connectivity index (χ0v) is 13.9. The molecule has 0 radical (unpaired) electrons. The molecule has 4 rings (SSSR count). The molecular weight excluding hydrogens is 314 g/mol. The monoisotopic (exact) mass is 333 g/mol. The summed E-state index contributed by atoms with van der Waals surface area (Å²) in [6, 6.07) is 15.6. The van der Waals surface area contributed by atoms with Crippen LogP contribution < -0.4 is 0 Å². The molecule has 1 fully saturated rings. The van der Waals surface area contributed by atoms with E-state index in [4.69, 9.17) is 9.68 Å². The third-order valence-corrected chi connectivity index (χ3v) is 4.67. The summed E-state index contributed by atoms with van der Waals surface area (Å²) in [6.45, 7) is 2.53. The molecule has 2 aromatic carbocycles. The van der Waals surface area contributed by atoms with Crippen LogP contribution in [0.2, 0.25) is 0 Å². The Morgan fingerprint density at radius 3 is 2.72 bits per heavy atom. The molecule has 0 aliphatic carbocycles. The molecule has 0 saturated carbocycles. The first-order valence-electron chi connectivity index (χ1n) is 8.52. The first kappa shape index (κ1) is 15.8. The van der Waals surface area contributed by atoms with E-state index in [0.717, 1.165) is 60.6 Å². The standard InChI is InChI=1S/C20H19N3O2/c21-12-14-1-3-15(4-2-14)16-5-6-19-18(11-16)22-20(25-19)8-10-23-9-7-17(24)13-23/h1-6,11,17,24H,7-10,13H2/t17-/m1/s1. The number of oxazole rings is 1. The Morgan fingerprint density at radius 2 is 2.00 bits per heavy atom. The Bertz CT molecular complexity index is 924. The molecule has 1 atom stereocenters. The summed E-state index contributed by atoms with van der Waals surface area (Å²) < 4.78 is 5.84. The van der Waals surface area contributed by atoms with Crippen LogP contribution in [0.25, 0.3) is 22.2 Å². The van der Waals surface area contributed by atoms with Crippen molar-refractivity contribution < 1.29 is 9.52 Å². The number of rotatable bonds is 4. The maximum atomic E-state index is 9.58. The van der Waals surface area contributed by atoms with E-state index in [2.05, 4.69) is 16.0 Å². The maximum absolute atomic E-state index is 9.58. The van der Waals surface area contributed by atoms with Crippen molar-refractivity contribution in [2.45, 2.75) is 18.9 Å². The fourth-order valence-electron chi connectivity index (χ4n) is 3.27. The minimum atomic E-state index is -0.196. The smallest absolute Gasteiger partial charge is 0.196 e. The topological polar surface area (TPSA) is 73.3 Å². The average molecular weight is 333 g/mol. The highest BCUT2D eigenvalue weighted by atomic mass is 16.3. The largest absolute Gasteiger partial charge is 0.441 e. The van der Waals surface area contributed by atoms with Crippen molar-refractivity contribution in [1.29, 1.82) is 5.26 Å². The van der Waals surface area contributed by atoms with E-state index in [1.54, 1.807) is 0 Å². The van der Waals surface area contributed by atoms with Gasteiger partial charge in [0.1, 0.15) is 5.52 Å². The second-order valence-corrected chi connectivity index (χ2v) is 6.47. The van der Waals surface area contributed by atoms with Gasteiger partial charge in [-0.15, -0.1) is 0 Å². The number of hydrogen-bond donors (Lipinski definition) is 1. The fraction of sp³-hybridized carbons (Fsp3) is 0.300. The molecule has 0 spiro atoms. The number of fused-ring (bicyclic) bond motifs is 1. The third-order valence-electron chi connectivity index (χ3n) is 4.67. The van der Waals surface area contributed by atoms with E-state index in [0.29, 0.717) is 5.56 Å². The van der Waals surface area contributed by atoms with Crippen molar-refractivity contribution >= 4 is 11.1 Å². The SMILES string of the molecule is N#Cc1ccc(-c2ccc3oc(CCN4CC[C@@H](O)C4)nc3c2)cc1. The van der Waals surface area contributed by atoms with Gasteiger partial charge in [0.2, 0.25) is 0 Å². The van der Waals surface area contributed by atoms with Gasteiger partial charge >= 0.3 is 0 Å². The zero-order valence-electron chi connectivity index (χ0n) is 13.9. The van der Waals surface area contributed by atoms with Crippen molar-refractivity contribution in [3.63, 3.8) is 0 Å². The lowest BCUT2D eigenvalue weighted by atomic mass is 10.0. The van der Waals surface area contributed by atoms with E-state index in [-0.39, 0.29) is 6.10 Å². The molecule has 0 amide bonds. The van der Waals surface area contributed by atoms with Gasteiger partial charge in [-0.25, -0.2) is 4.98 Å².